The van der Waals surface area contributed by atoms with E-state index in [-0.39, 0.29) is 0 Å². The predicted octanol–water partition coefficient (Wildman–Crippen LogP) is 10.6. The second-order valence-corrected chi connectivity index (χ2v) is 19.6. The summed E-state index contributed by atoms with van der Waals surface area (Å²) < 4.78 is 8.69. The third-order valence-corrected chi connectivity index (χ3v) is 17.1. The number of aromatic nitrogens is 5. The Hall–Kier alpha value is -8.26. The molecule has 0 saturated heterocycles. The molecule has 0 saturated carbocycles. The van der Waals surface area contributed by atoms with Crippen LogP contribution in [-0.2, 0) is 0 Å². The van der Waals surface area contributed by atoms with Gasteiger partial charge in [0.15, 0.2) is 25.5 Å². The van der Waals surface area contributed by atoms with E-state index in [0.717, 1.165) is 55.3 Å². The Balaban J connectivity index is 1.11. The maximum Gasteiger partial charge on any atom is 0.179 e. The minimum absolute atomic E-state index is 0.551. The molecule has 7 heteroatoms. The molecule has 4 heterocycles. The highest BCUT2D eigenvalue weighted by atomic mass is 28.3. The molecule has 0 bridgehead atoms. The van der Waals surface area contributed by atoms with Gasteiger partial charge in [0.25, 0.3) is 0 Å². The van der Waals surface area contributed by atoms with Gasteiger partial charge in [-0.15, -0.1) is 0 Å². The normalized spacial score (nSPS) is 11.8. The van der Waals surface area contributed by atoms with Crippen molar-refractivity contribution >= 4 is 72.6 Å². The molecule has 0 fully saturated rings. The average Bonchev–Trinajstić information content (AvgIpc) is 3.91. The Morgan fingerprint density at radius 2 is 0.921 bits per heavy atom. The quantitative estimate of drug-likeness (QED) is 0.113. The Morgan fingerprint density at radius 3 is 1.57 bits per heavy atom. The zero-order chi connectivity index (χ0) is 41.7. The smallest absolute Gasteiger partial charge is 0.179 e. The van der Waals surface area contributed by atoms with Gasteiger partial charge in [-0.3, -0.25) is 4.98 Å². The second kappa shape index (κ2) is 15.0. The summed E-state index contributed by atoms with van der Waals surface area (Å²) in [7, 11) is -2.86. The Labute approximate surface area is 364 Å². The van der Waals surface area contributed by atoms with E-state index >= 15 is 0 Å². The van der Waals surface area contributed by atoms with Crippen LogP contribution >= 0.6 is 0 Å². The van der Waals surface area contributed by atoms with E-state index < -0.39 is 8.07 Å². The molecule has 63 heavy (non-hydrogen) atoms. The third kappa shape index (κ3) is 6.01. The van der Waals surface area contributed by atoms with Gasteiger partial charge in [0.1, 0.15) is 11.2 Å². The molecule has 8 aromatic carbocycles. The first-order valence-corrected chi connectivity index (χ1v) is 23.1. The van der Waals surface area contributed by atoms with Crippen molar-refractivity contribution < 1.29 is 4.42 Å². The number of rotatable bonds is 8. The van der Waals surface area contributed by atoms with E-state index in [9.17, 15) is 0 Å². The minimum Gasteiger partial charge on any atom is -0.456 e. The molecule has 0 aliphatic heterocycles. The van der Waals surface area contributed by atoms with E-state index in [1.807, 2.05) is 18.3 Å². The first-order chi connectivity index (χ1) is 31.2. The van der Waals surface area contributed by atoms with Crippen LogP contribution in [0.2, 0.25) is 0 Å². The van der Waals surface area contributed by atoms with Crippen LogP contribution in [0.3, 0.4) is 0 Å². The molecule has 12 aromatic rings. The van der Waals surface area contributed by atoms with Crippen LogP contribution in [-0.4, -0.2) is 32.6 Å². The average molecular weight is 824 g/mol. The van der Waals surface area contributed by atoms with Gasteiger partial charge >= 0.3 is 0 Å². The minimum atomic E-state index is -2.86. The lowest BCUT2D eigenvalue weighted by molar-refractivity contribution is 0.668. The van der Waals surface area contributed by atoms with Crippen molar-refractivity contribution in [3.8, 4) is 39.9 Å². The Morgan fingerprint density at radius 1 is 0.381 bits per heavy atom. The van der Waals surface area contributed by atoms with Gasteiger partial charge in [-0.25, -0.2) is 15.0 Å². The molecule has 0 aliphatic rings. The van der Waals surface area contributed by atoms with Gasteiger partial charge in [-0.2, -0.15) is 0 Å². The first-order valence-electron chi connectivity index (χ1n) is 21.1. The molecule has 296 valence electrons. The summed E-state index contributed by atoms with van der Waals surface area (Å²) in [6.45, 7) is 0. The zero-order valence-electron chi connectivity index (χ0n) is 34.0. The van der Waals surface area contributed by atoms with Crippen molar-refractivity contribution in [1.82, 2.24) is 24.5 Å². The largest absolute Gasteiger partial charge is 0.456 e. The van der Waals surface area contributed by atoms with Crippen molar-refractivity contribution in [3.05, 3.63) is 225 Å². The molecule has 0 aliphatic carbocycles. The lowest BCUT2D eigenvalue weighted by atomic mass is 10.1. The molecule has 0 amide bonds. The summed E-state index contributed by atoms with van der Waals surface area (Å²) in [5.74, 6) is 1.71. The fraction of sp³-hybridized carbons (Fsp3) is 0. The highest BCUT2D eigenvalue weighted by molar-refractivity contribution is 7.19. The predicted molar refractivity (Wildman–Crippen MR) is 259 cm³/mol. The summed E-state index contributed by atoms with van der Waals surface area (Å²) in [4.78, 5) is 20.4. The van der Waals surface area contributed by atoms with Crippen molar-refractivity contribution in [1.29, 1.82) is 0 Å². The van der Waals surface area contributed by atoms with Gasteiger partial charge in [0.05, 0.1) is 16.7 Å². The van der Waals surface area contributed by atoms with E-state index in [0.29, 0.717) is 17.5 Å². The summed E-state index contributed by atoms with van der Waals surface area (Å²) in [6, 6.07) is 75.5. The fourth-order valence-electron chi connectivity index (χ4n) is 9.51. The van der Waals surface area contributed by atoms with Crippen molar-refractivity contribution in [2.24, 2.45) is 0 Å². The number of pyridine rings is 1. The Kier molecular flexibility index (Phi) is 8.72. The third-order valence-electron chi connectivity index (χ3n) is 12.3. The van der Waals surface area contributed by atoms with Crippen LogP contribution in [0.4, 0.5) is 0 Å². The monoisotopic (exact) mass is 823 g/mol. The molecule has 12 rings (SSSR count). The number of nitrogens with zero attached hydrogens (tertiary/aromatic N) is 5. The van der Waals surface area contributed by atoms with Crippen LogP contribution in [0, 0.1) is 0 Å². The number of benzene rings is 8. The number of hydrogen-bond donors (Lipinski definition) is 0. The molecule has 6 nitrogen and oxygen atoms in total. The maximum atomic E-state index is 6.36. The van der Waals surface area contributed by atoms with E-state index in [4.69, 9.17) is 19.4 Å². The first kappa shape index (κ1) is 36.6. The van der Waals surface area contributed by atoms with E-state index in [1.54, 1.807) is 6.20 Å². The zero-order valence-corrected chi connectivity index (χ0v) is 35.0. The molecular weight excluding hydrogens is 787 g/mol. The summed E-state index contributed by atoms with van der Waals surface area (Å²) in [5, 5.41) is 9.46. The van der Waals surface area contributed by atoms with E-state index in [2.05, 4.69) is 210 Å². The second-order valence-electron chi connectivity index (χ2n) is 15.8. The van der Waals surface area contributed by atoms with Crippen LogP contribution in [0.15, 0.2) is 229 Å². The van der Waals surface area contributed by atoms with Crippen molar-refractivity contribution in [3.63, 3.8) is 0 Å². The fourth-order valence-corrected chi connectivity index (χ4v) is 14.3. The highest BCUT2D eigenvalue weighted by Crippen LogP contribution is 2.37. The summed E-state index contributed by atoms with van der Waals surface area (Å²) >= 11 is 0. The SMILES string of the molecule is c1ccc([Si](c2ccccc2)(c2ccccc2)c2cccc(-c3nc(-c4ccc5c(c4)oc4ccncc45)nc(-c4ccccc4-n4c5ccccc5c5ccccc54)n3)c2)cc1. The number of fused-ring (bicyclic) bond motifs is 6. The topological polar surface area (TPSA) is 69.6 Å². The van der Waals surface area contributed by atoms with Gasteiger partial charge in [0.2, 0.25) is 0 Å². The van der Waals surface area contributed by atoms with Gasteiger partial charge < -0.3 is 8.98 Å². The van der Waals surface area contributed by atoms with Gasteiger partial charge in [0, 0.05) is 50.6 Å². The molecular formula is C56H37N5OSi. The molecule has 0 unspecified atom stereocenters. The van der Waals surface area contributed by atoms with Crippen molar-refractivity contribution in [2.45, 2.75) is 0 Å². The van der Waals surface area contributed by atoms with Crippen LogP contribution < -0.4 is 20.7 Å². The van der Waals surface area contributed by atoms with Crippen LogP contribution in [0.1, 0.15) is 0 Å². The molecule has 0 N–H and O–H groups in total. The van der Waals surface area contributed by atoms with E-state index in [1.165, 1.54) is 31.5 Å². The summed E-state index contributed by atoms with van der Waals surface area (Å²) in [5.41, 5.74) is 7.36. The van der Waals surface area contributed by atoms with Crippen molar-refractivity contribution in [2.75, 3.05) is 0 Å². The summed E-state index contributed by atoms with van der Waals surface area (Å²) in [6.07, 6.45) is 3.60. The molecule has 0 spiro atoms. The molecule has 0 radical (unpaired) electrons. The highest BCUT2D eigenvalue weighted by Gasteiger charge is 2.41. The number of para-hydroxylation sites is 3. The molecule has 0 atom stereocenters. The molecule has 4 aromatic heterocycles. The maximum absolute atomic E-state index is 6.36. The van der Waals surface area contributed by atoms with Gasteiger partial charge in [-0.05, 0) is 63.2 Å². The van der Waals surface area contributed by atoms with Gasteiger partial charge in [-0.1, -0.05) is 170 Å². The van der Waals surface area contributed by atoms with Crippen LogP contribution in [0.25, 0.3) is 83.6 Å². The lowest BCUT2D eigenvalue weighted by Gasteiger charge is -2.34. The number of furan rings is 1. The standard InChI is InChI=1S/C56H37N5OSi/c1-4-18-40(19-5-1)63(41-20-6-2-7-21-41,42-22-8-3-9-23-42)43-24-16-17-38(35-43)54-58-55(39-31-32-46-48-37-57-34-33-52(48)62-53(46)36-39)60-56(59-54)47-27-12-15-30-51(47)61-49-28-13-10-25-44(49)45-26-11-14-29-50(45)61/h1-37H. The Bertz CT molecular complexity index is 3490. The lowest BCUT2D eigenvalue weighted by Crippen LogP contribution is -2.74. The van der Waals surface area contributed by atoms with Crippen LogP contribution in [0.5, 0.6) is 0 Å². The number of hydrogen-bond acceptors (Lipinski definition) is 5.